The molecule has 2 aromatic heterocycles. The van der Waals surface area contributed by atoms with Gasteiger partial charge < -0.3 is 9.88 Å². The van der Waals surface area contributed by atoms with Crippen LogP contribution >= 0.6 is 0 Å². The minimum Gasteiger partial charge on any atom is -0.350 e. The van der Waals surface area contributed by atoms with Gasteiger partial charge in [0.2, 0.25) is 5.91 Å². The zero-order valence-electron chi connectivity index (χ0n) is 16.1. The van der Waals surface area contributed by atoms with Crippen molar-refractivity contribution in [3.63, 3.8) is 0 Å². The van der Waals surface area contributed by atoms with Crippen LogP contribution in [-0.4, -0.2) is 20.3 Å². The first-order chi connectivity index (χ1) is 13.5. The number of hydrogen-bond donors (Lipinski definition) is 1. The lowest BCUT2D eigenvalue weighted by Crippen LogP contribution is -2.32. The number of amides is 1. The Morgan fingerprint density at radius 2 is 1.82 bits per heavy atom. The summed E-state index contributed by atoms with van der Waals surface area (Å²) in [5, 5.41) is 8.81. The highest BCUT2D eigenvalue weighted by Gasteiger charge is 2.23. The molecule has 4 aromatic rings. The second-order valence-electron chi connectivity index (χ2n) is 7.10. The van der Waals surface area contributed by atoms with Crippen LogP contribution in [0.25, 0.3) is 21.8 Å². The molecule has 0 saturated carbocycles. The first-order valence-electron chi connectivity index (χ1n) is 9.25. The van der Waals surface area contributed by atoms with E-state index in [1.54, 1.807) is 13.2 Å². The molecule has 0 aliphatic carbocycles. The molecule has 1 N–H and O–H groups in total. The molecule has 0 aliphatic rings. The van der Waals surface area contributed by atoms with Crippen LogP contribution in [0.15, 0.2) is 59.5 Å². The molecule has 2 heterocycles. The van der Waals surface area contributed by atoms with E-state index < -0.39 is 6.04 Å². The summed E-state index contributed by atoms with van der Waals surface area (Å²) >= 11 is 0. The first-order valence-corrected chi connectivity index (χ1v) is 9.25. The molecule has 1 atom stereocenters. The van der Waals surface area contributed by atoms with E-state index >= 15 is 0 Å². The highest BCUT2D eigenvalue weighted by molar-refractivity contribution is 6.08. The number of aromatic nitrogens is 3. The Labute approximate surface area is 162 Å². The molecule has 0 bridgehead atoms. The Hall–Kier alpha value is -3.41. The molecule has 4 rings (SSSR count). The number of nitrogens with zero attached hydrogens (tertiary/aromatic N) is 3. The van der Waals surface area contributed by atoms with Crippen LogP contribution in [0.5, 0.6) is 0 Å². The largest absolute Gasteiger partial charge is 0.350 e. The van der Waals surface area contributed by atoms with Gasteiger partial charge in [0.15, 0.2) is 0 Å². The molecular formula is C22H22N4O2. The lowest BCUT2D eigenvalue weighted by atomic mass is 10.1. The molecule has 0 aliphatic heterocycles. The lowest BCUT2D eigenvalue weighted by molar-refractivity contribution is -0.123. The van der Waals surface area contributed by atoms with Gasteiger partial charge in [0.05, 0.1) is 11.7 Å². The molecule has 1 amide bonds. The van der Waals surface area contributed by atoms with Gasteiger partial charge in [0.1, 0.15) is 11.6 Å². The standard InChI is InChI=1S/C22H22N4O2/c1-14-8-10-16(11-9-14)12-23-21(27)15(2)26-19-7-5-4-6-17(19)18-13-24-25(3)22(28)20(18)26/h4-11,13,15H,12H2,1-3H3,(H,23,27). The van der Waals surface area contributed by atoms with Crippen LogP contribution in [0.1, 0.15) is 24.1 Å². The van der Waals surface area contributed by atoms with Gasteiger partial charge >= 0.3 is 0 Å². The Morgan fingerprint density at radius 1 is 1.11 bits per heavy atom. The molecular weight excluding hydrogens is 352 g/mol. The smallest absolute Gasteiger partial charge is 0.291 e. The predicted molar refractivity (Wildman–Crippen MR) is 110 cm³/mol. The van der Waals surface area contributed by atoms with Crippen LogP contribution in [0.2, 0.25) is 0 Å². The summed E-state index contributed by atoms with van der Waals surface area (Å²) in [5.74, 6) is -0.137. The van der Waals surface area contributed by atoms with E-state index in [2.05, 4.69) is 10.4 Å². The van der Waals surface area contributed by atoms with Crippen LogP contribution < -0.4 is 10.9 Å². The first kappa shape index (κ1) is 18.0. The summed E-state index contributed by atoms with van der Waals surface area (Å²) in [6.45, 7) is 4.29. The Bertz CT molecular complexity index is 1240. The maximum Gasteiger partial charge on any atom is 0.291 e. The second-order valence-corrected chi connectivity index (χ2v) is 7.10. The number of rotatable bonds is 4. The van der Waals surface area contributed by atoms with Crippen molar-refractivity contribution < 1.29 is 4.79 Å². The van der Waals surface area contributed by atoms with Crippen molar-refractivity contribution in [3.8, 4) is 0 Å². The Kier molecular flexibility index (Phi) is 4.47. The van der Waals surface area contributed by atoms with Gasteiger partial charge in [-0.3, -0.25) is 9.59 Å². The molecule has 1 unspecified atom stereocenters. The van der Waals surface area contributed by atoms with Crippen molar-refractivity contribution >= 4 is 27.7 Å². The molecule has 2 aromatic carbocycles. The fourth-order valence-electron chi connectivity index (χ4n) is 3.55. The summed E-state index contributed by atoms with van der Waals surface area (Å²) < 4.78 is 3.12. The van der Waals surface area contributed by atoms with Crippen molar-refractivity contribution in [2.24, 2.45) is 7.05 Å². The maximum absolute atomic E-state index is 12.9. The number of hydrogen-bond acceptors (Lipinski definition) is 3. The van der Waals surface area contributed by atoms with Crippen LogP contribution in [0.3, 0.4) is 0 Å². The molecule has 0 spiro atoms. The third-order valence-electron chi connectivity index (χ3n) is 5.16. The third kappa shape index (κ3) is 2.97. The van der Waals surface area contributed by atoms with Crippen molar-refractivity contribution in [2.75, 3.05) is 0 Å². The average Bonchev–Trinajstić information content (AvgIpc) is 3.04. The zero-order valence-corrected chi connectivity index (χ0v) is 16.1. The average molecular weight is 374 g/mol. The highest BCUT2D eigenvalue weighted by atomic mass is 16.2. The van der Waals surface area contributed by atoms with E-state index in [4.69, 9.17) is 0 Å². The van der Waals surface area contributed by atoms with E-state index in [-0.39, 0.29) is 11.5 Å². The monoisotopic (exact) mass is 374 g/mol. The summed E-state index contributed by atoms with van der Waals surface area (Å²) in [5.41, 5.74) is 3.34. The van der Waals surface area contributed by atoms with Gasteiger partial charge in [-0.2, -0.15) is 5.10 Å². The van der Waals surface area contributed by atoms with Crippen molar-refractivity contribution in [1.29, 1.82) is 0 Å². The zero-order chi connectivity index (χ0) is 19.8. The molecule has 28 heavy (non-hydrogen) atoms. The van der Waals surface area contributed by atoms with Crippen LogP contribution in [0, 0.1) is 6.92 Å². The van der Waals surface area contributed by atoms with Gasteiger partial charge in [-0.1, -0.05) is 48.0 Å². The molecule has 0 fully saturated rings. The van der Waals surface area contributed by atoms with Crippen molar-refractivity contribution in [2.45, 2.75) is 26.4 Å². The van der Waals surface area contributed by atoms with E-state index in [1.807, 2.05) is 66.9 Å². The number of para-hydroxylation sites is 1. The predicted octanol–water partition coefficient (Wildman–Crippen LogP) is 3.07. The number of fused-ring (bicyclic) bond motifs is 3. The maximum atomic E-state index is 12.9. The van der Waals surface area contributed by atoms with Crippen molar-refractivity contribution in [1.82, 2.24) is 19.7 Å². The summed E-state index contributed by atoms with van der Waals surface area (Å²) in [6, 6.07) is 15.2. The van der Waals surface area contributed by atoms with Gasteiger partial charge in [0, 0.05) is 24.4 Å². The van der Waals surface area contributed by atoms with E-state index in [0.29, 0.717) is 12.1 Å². The number of carbonyl (C=O) groups excluding carboxylic acids is 1. The number of benzene rings is 2. The summed E-state index contributed by atoms with van der Waals surface area (Å²) in [7, 11) is 1.62. The minimum atomic E-state index is -0.539. The quantitative estimate of drug-likeness (QED) is 0.597. The molecule has 0 radical (unpaired) electrons. The second kappa shape index (κ2) is 6.96. The van der Waals surface area contributed by atoms with E-state index in [1.165, 1.54) is 10.2 Å². The summed E-state index contributed by atoms with van der Waals surface area (Å²) in [6.07, 6.45) is 1.69. The Morgan fingerprint density at radius 3 is 2.57 bits per heavy atom. The highest BCUT2D eigenvalue weighted by Crippen LogP contribution is 2.29. The van der Waals surface area contributed by atoms with Gasteiger partial charge in [0.25, 0.3) is 5.56 Å². The molecule has 6 heteroatoms. The van der Waals surface area contributed by atoms with Crippen molar-refractivity contribution in [3.05, 3.63) is 76.2 Å². The molecule has 142 valence electrons. The van der Waals surface area contributed by atoms with Gasteiger partial charge in [-0.15, -0.1) is 0 Å². The van der Waals surface area contributed by atoms with E-state index in [0.717, 1.165) is 21.9 Å². The van der Waals surface area contributed by atoms with Gasteiger partial charge in [-0.05, 0) is 25.5 Å². The SMILES string of the molecule is Cc1ccc(CNC(=O)C(C)n2c3ccccc3c3cnn(C)c(=O)c32)cc1. The normalized spacial score (nSPS) is 12.4. The fourth-order valence-corrected chi connectivity index (χ4v) is 3.55. The topological polar surface area (TPSA) is 68.9 Å². The van der Waals surface area contributed by atoms with E-state index in [9.17, 15) is 9.59 Å². The van der Waals surface area contributed by atoms with Crippen LogP contribution in [0.4, 0.5) is 0 Å². The minimum absolute atomic E-state index is 0.137. The number of carbonyl (C=O) groups is 1. The number of aryl methyl sites for hydroxylation is 2. The van der Waals surface area contributed by atoms with Crippen LogP contribution in [-0.2, 0) is 18.4 Å². The lowest BCUT2D eigenvalue weighted by Gasteiger charge is -2.16. The Balaban J connectivity index is 1.74. The number of nitrogens with one attached hydrogen (secondary N) is 1. The summed E-state index contributed by atoms with van der Waals surface area (Å²) in [4.78, 5) is 25.7. The third-order valence-corrected chi connectivity index (χ3v) is 5.16. The molecule has 6 nitrogen and oxygen atoms in total. The molecule has 0 saturated heterocycles. The van der Waals surface area contributed by atoms with Gasteiger partial charge in [-0.25, -0.2) is 4.68 Å². The fraction of sp³-hybridized carbons (Fsp3) is 0.227.